The van der Waals surface area contributed by atoms with Crippen LogP contribution >= 0.6 is 0 Å². The molecule has 1 N–H and O–H groups in total. The van der Waals surface area contributed by atoms with Gasteiger partial charge in [-0.3, -0.25) is 0 Å². The summed E-state index contributed by atoms with van der Waals surface area (Å²) in [6.07, 6.45) is 3.64. The molecule has 0 aliphatic heterocycles. The van der Waals surface area contributed by atoms with Crippen LogP contribution < -0.4 is 10.1 Å². The van der Waals surface area contributed by atoms with Gasteiger partial charge in [-0.25, -0.2) is 0 Å². The predicted molar refractivity (Wildman–Crippen MR) is 76.6 cm³/mol. The lowest BCUT2D eigenvalue weighted by atomic mass is 10.1. The smallest absolute Gasteiger partial charge is 0.119 e. The van der Waals surface area contributed by atoms with Gasteiger partial charge in [0, 0.05) is 12.5 Å². The van der Waals surface area contributed by atoms with Crippen molar-refractivity contribution in [1.29, 1.82) is 0 Å². The van der Waals surface area contributed by atoms with E-state index in [1.54, 1.807) is 13.4 Å². The van der Waals surface area contributed by atoms with E-state index < -0.39 is 0 Å². The summed E-state index contributed by atoms with van der Waals surface area (Å²) in [6, 6.07) is 12.6. The van der Waals surface area contributed by atoms with Gasteiger partial charge in [0.05, 0.1) is 13.4 Å². The molecule has 1 unspecified atom stereocenters. The summed E-state index contributed by atoms with van der Waals surface area (Å²) >= 11 is 0. The summed E-state index contributed by atoms with van der Waals surface area (Å²) in [4.78, 5) is 0. The minimum atomic E-state index is 0.414. The highest BCUT2D eigenvalue weighted by Gasteiger charge is 2.05. The monoisotopic (exact) mass is 259 g/mol. The molecule has 0 aliphatic carbocycles. The number of ether oxygens (including phenoxy) is 1. The van der Waals surface area contributed by atoms with Crippen LogP contribution in [0.15, 0.2) is 47.1 Å². The molecule has 0 fully saturated rings. The van der Waals surface area contributed by atoms with E-state index in [2.05, 4.69) is 24.4 Å². The lowest BCUT2D eigenvalue weighted by Gasteiger charge is -2.12. The molecule has 1 atom stereocenters. The molecule has 0 amide bonds. The van der Waals surface area contributed by atoms with E-state index in [9.17, 15) is 0 Å². The molecule has 102 valence electrons. The second-order valence-corrected chi connectivity index (χ2v) is 4.74. The van der Waals surface area contributed by atoms with Crippen molar-refractivity contribution in [2.24, 2.45) is 0 Å². The van der Waals surface area contributed by atoms with Gasteiger partial charge < -0.3 is 14.5 Å². The standard InChI is InChI=1S/C16H21NO2/c1-13(11-16-7-4-10-19-16)17-9-8-14-5-3-6-15(12-14)18-2/h3-7,10,12-13,17H,8-9,11H2,1-2H3. The molecule has 0 spiro atoms. The Morgan fingerprint density at radius 2 is 2.16 bits per heavy atom. The van der Waals surface area contributed by atoms with Crippen LogP contribution in [0.2, 0.25) is 0 Å². The first-order valence-electron chi connectivity index (χ1n) is 6.66. The Morgan fingerprint density at radius 3 is 2.89 bits per heavy atom. The van der Waals surface area contributed by atoms with Gasteiger partial charge >= 0.3 is 0 Å². The molecule has 3 nitrogen and oxygen atoms in total. The van der Waals surface area contributed by atoms with Crippen molar-refractivity contribution in [2.75, 3.05) is 13.7 Å². The zero-order chi connectivity index (χ0) is 13.5. The van der Waals surface area contributed by atoms with Gasteiger partial charge in [0.1, 0.15) is 11.5 Å². The normalized spacial score (nSPS) is 12.3. The van der Waals surface area contributed by atoms with E-state index in [0.29, 0.717) is 6.04 Å². The van der Waals surface area contributed by atoms with Gasteiger partial charge in [-0.15, -0.1) is 0 Å². The fourth-order valence-electron chi connectivity index (χ4n) is 2.09. The number of hydrogen-bond donors (Lipinski definition) is 1. The number of methoxy groups -OCH3 is 1. The highest BCUT2D eigenvalue weighted by atomic mass is 16.5. The highest BCUT2D eigenvalue weighted by Crippen LogP contribution is 2.12. The lowest BCUT2D eigenvalue weighted by molar-refractivity contribution is 0.414. The molecule has 0 radical (unpaired) electrons. The Morgan fingerprint density at radius 1 is 1.26 bits per heavy atom. The van der Waals surface area contributed by atoms with E-state index in [1.807, 2.05) is 24.3 Å². The van der Waals surface area contributed by atoms with Crippen LogP contribution in [0.1, 0.15) is 18.2 Å². The van der Waals surface area contributed by atoms with E-state index >= 15 is 0 Å². The van der Waals surface area contributed by atoms with Crippen LogP contribution in [0.5, 0.6) is 5.75 Å². The number of nitrogens with one attached hydrogen (secondary N) is 1. The first-order chi connectivity index (χ1) is 9.28. The summed E-state index contributed by atoms with van der Waals surface area (Å²) in [7, 11) is 1.70. The topological polar surface area (TPSA) is 34.4 Å². The first-order valence-corrected chi connectivity index (χ1v) is 6.66. The second kappa shape index (κ2) is 7.00. The predicted octanol–water partition coefficient (Wildman–Crippen LogP) is 3.05. The van der Waals surface area contributed by atoms with Gasteiger partial charge in [-0.1, -0.05) is 12.1 Å². The van der Waals surface area contributed by atoms with Gasteiger partial charge in [0.2, 0.25) is 0 Å². The zero-order valence-corrected chi connectivity index (χ0v) is 11.6. The second-order valence-electron chi connectivity index (χ2n) is 4.74. The van der Waals surface area contributed by atoms with Crippen molar-refractivity contribution in [3.63, 3.8) is 0 Å². The number of benzene rings is 1. The van der Waals surface area contributed by atoms with Crippen LogP contribution in [-0.2, 0) is 12.8 Å². The van der Waals surface area contributed by atoms with Crippen molar-refractivity contribution in [3.05, 3.63) is 54.0 Å². The molecule has 1 aromatic heterocycles. The summed E-state index contributed by atoms with van der Waals surface area (Å²) in [5, 5.41) is 3.51. The Labute approximate surface area is 114 Å². The van der Waals surface area contributed by atoms with Crippen LogP contribution in [0.25, 0.3) is 0 Å². The molecule has 1 heterocycles. The number of furan rings is 1. The first kappa shape index (κ1) is 13.7. The Kier molecular flexibility index (Phi) is 5.04. The Bertz CT molecular complexity index is 479. The van der Waals surface area contributed by atoms with Crippen LogP contribution in [-0.4, -0.2) is 19.7 Å². The number of hydrogen-bond acceptors (Lipinski definition) is 3. The van der Waals surface area contributed by atoms with Gasteiger partial charge in [-0.2, -0.15) is 0 Å². The summed E-state index contributed by atoms with van der Waals surface area (Å²) in [5.41, 5.74) is 1.29. The molecule has 1 aromatic carbocycles. The van der Waals surface area contributed by atoms with Gasteiger partial charge in [-0.05, 0) is 49.7 Å². The van der Waals surface area contributed by atoms with Crippen molar-refractivity contribution in [3.8, 4) is 5.75 Å². The maximum absolute atomic E-state index is 5.34. The third kappa shape index (κ3) is 4.45. The maximum atomic E-state index is 5.34. The summed E-state index contributed by atoms with van der Waals surface area (Å²) in [6.45, 7) is 3.13. The minimum absolute atomic E-state index is 0.414. The van der Waals surface area contributed by atoms with Crippen LogP contribution in [0.4, 0.5) is 0 Å². The zero-order valence-electron chi connectivity index (χ0n) is 11.6. The molecule has 2 rings (SSSR count). The molecule has 19 heavy (non-hydrogen) atoms. The molecule has 3 heteroatoms. The maximum Gasteiger partial charge on any atom is 0.119 e. The highest BCUT2D eigenvalue weighted by molar-refractivity contribution is 5.28. The fourth-order valence-corrected chi connectivity index (χ4v) is 2.09. The molecular formula is C16H21NO2. The Hall–Kier alpha value is -1.74. The third-order valence-electron chi connectivity index (χ3n) is 3.13. The van der Waals surface area contributed by atoms with Crippen molar-refractivity contribution < 1.29 is 9.15 Å². The van der Waals surface area contributed by atoms with Gasteiger partial charge in [0.25, 0.3) is 0 Å². The van der Waals surface area contributed by atoms with Crippen LogP contribution in [0, 0.1) is 0 Å². The Balaban J connectivity index is 1.73. The molecule has 2 aromatic rings. The largest absolute Gasteiger partial charge is 0.497 e. The van der Waals surface area contributed by atoms with Gasteiger partial charge in [0.15, 0.2) is 0 Å². The van der Waals surface area contributed by atoms with E-state index in [4.69, 9.17) is 9.15 Å². The lowest BCUT2D eigenvalue weighted by Crippen LogP contribution is -2.29. The molecule has 0 bridgehead atoms. The number of rotatable bonds is 7. The molecular weight excluding hydrogens is 238 g/mol. The summed E-state index contributed by atoms with van der Waals surface area (Å²) in [5.74, 6) is 1.95. The van der Waals surface area contributed by atoms with Crippen LogP contribution in [0.3, 0.4) is 0 Å². The molecule has 0 saturated heterocycles. The summed E-state index contributed by atoms with van der Waals surface area (Å²) < 4.78 is 10.6. The van der Waals surface area contributed by atoms with E-state index in [1.165, 1.54) is 5.56 Å². The molecule has 0 saturated carbocycles. The SMILES string of the molecule is COc1cccc(CCNC(C)Cc2ccco2)c1. The average molecular weight is 259 g/mol. The van der Waals surface area contributed by atoms with Crippen molar-refractivity contribution in [1.82, 2.24) is 5.32 Å². The van der Waals surface area contributed by atoms with Crippen molar-refractivity contribution >= 4 is 0 Å². The fraction of sp³-hybridized carbons (Fsp3) is 0.375. The van der Waals surface area contributed by atoms with E-state index in [-0.39, 0.29) is 0 Å². The average Bonchev–Trinajstić information content (AvgIpc) is 2.92. The quantitative estimate of drug-likeness (QED) is 0.830. The van der Waals surface area contributed by atoms with E-state index in [0.717, 1.165) is 30.9 Å². The van der Waals surface area contributed by atoms with Crippen molar-refractivity contribution in [2.45, 2.75) is 25.8 Å². The minimum Gasteiger partial charge on any atom is -0.497 e. The third-order valence-corrected chi connectivity index (χ3v) is 3.13. The molecule has 0 aliphatic rings.